The monoisotopic (exact) mass is 284 g/mol. The lowest BCUT2D eigenvalue weighted by Crippen LogP contribution is -2.26. The standard InChI is InChI=1S/C13H17ClN2O3/c1-9(2-5-12(17)18)6-7-15-13(19)11-4-3-10(14)8-16-11/h3-4,8-9H,2,5-7H2,1H3,(H,15,19)(H,17,18). The molecule has 5 nitrogen and oxygen atoms in total. The molecule has 19 heavy (non-hydrogen) atoms. The number of halogens is 1. The Morgan fingerprint density at radius 3 is 2.74 bits per heavy atom. The van der Waals surface area contributed by atoms with Gasteiger partial charge in [-0.2, -0.15) is 0 Å². The molecule has 0 spiro atoms. The lowest BCUT2D eigenvalue weighted by molar-refractivity contribution is -0.137. The van der Waals surface area contributed by atoms with Crippen molar-refractivity contribution in [2.75, 3.05) is 6.54 Å². The van der Waals surface area contributed by atoms with E-state index in [4.69, 9.17) is 16.7 Å². The van der Waals surface area contributed by atoms with Crippen LogP contribution in [0.15, 0.2) is 18.3 Å². The van der Waals surface area contributed by atoms with E-state index in [-0.39, 0.29) is 18.2 Å². The molecular weight excluding hydrogens is 268 g/mol. The van der Waals surface area contributed by atoms with Gasteiger partial charge in [0, 0.05) is 19.2 Å². The molecule has 104 valence electrons. The van der Waals surface area contributed by atoms with E-state index in [1.165, 1.54) is 6.20 Å². The fraction of sp³-hybridized carbons (Fsp3) is 0.462. The zero-order valence-corrected chi connectivity index (χ0v) is 11.5. The van der Waals surface area contributed by atoms with Crippen LogP contribution in [0.2, 0.25) is 5.02 Å². The van der Waals surface area contributed by atoms with Gasteiger partial charge in [-0.1, -0.05) is 18.5 Å². The maximum Gasteiger partial charge on any atom is 0.303 e. The smallest absolute Gasteiger partial charge is 0.303 e. The van der Waals surface area contributed by atoms with E-state index in [0.29, 0.717) is 23.7 Å². The van der Waals surface area contributed by atoms with Crippen LogP contribution < -0.4 is 5.32 Å². The molecule has 2 N–H and O–H groups in total. The van der Waals surface area contributed by atoms with Crippen LogP contribution in [0.4, 0.5) is 0 Å². The third kappa shape index (κ3) is 6.20. The molecule has 0 saturated heterocycles. The number of carbonyl (C=O) groups is 2. The summed E-state index contributed by atoms with van der Waals surface area (Å²) in [6, 6.07) is 3.17. The lowest BCUT2D eigenvalue weighted by Gasteiger charge is -2.10. The third-order valence-electron chi connectivity index (χ3n) is 2.73. The van der Waals surface area contributed by atoms with Crippen LogP contribution in [-0.2, 0) is 4.79 Å². The molecule has 0 radical (unpaired) electrons. The summed E-state index contributed by atoms with van der Waals surface area (Å²) in [5, 5.41) is 11.8. The Hall–Kier alpha value is -1.62. The maximum atomic E-state index is 11.7. The van der Waals surface area contributed by atoms with E-state index in [9.17, 15) is 9.59 Å². The molecule has 0 aliphatic carbocycles. The zero-order valence-electron chi connectivity index (χ0n) is 10.7. The Labute approximate surface area is 117 Å². The van der Waals surface area contributed by atoms with Gasteiger partial charge in [0.05, 0.1) is 5.02 Å². The molecule has 1 atom stereocenters. The van der Waals surface area contributed by atoms with Crippen molar-refractivity contribution in [2.45, 2.75) is 26.2 Å². The molecule has 0 bridgehead atoms. The average Bonchev–Trinajstić information content (AvgIpc) is 2.37. The van der Waals surface area contributed by atoms with Gasteiger partial charge in [-0.15, -0.1) is 0 Å². The minimum absolute atomic E-state index is 0.161. The molecule has 1 amide bonds. The second-order valence-electron chi connectivity index (χ2n) is 4.44. The van der Waals surface area contributed by atoms with Crippen molar-refractivity contribution in [3.05, 3.63) is 29.0 Å². The van der Waals surface area contributed by atoms with Crippen LogP contribution in [0, 0.1) is 5.92 Å². The highest BCUT2D eigenvalue weighted by atomic mass is 35.5. The van der Waals surface area contributed by atoms with Gasteiger partial charge >= 0.3 is 5.97 Å². The molecular formula is C13H17ClN2O3. The predicted molar refractivity (Wildman–Crippen MR) is 72.2 cm³/mol. The first kappa shape index (κ1) is 15.4. The Balaban J connectivity index is 2.27. The average molecular weight is 285 g/mol. The van der Waals surface area contributed by atoms with Crippen molar-refractivity contribution in [3.8, 4) is 0 Å². The van der Waals surface area contributed by atoms with Gasteiger partial charge in [-0.25, -0.2) is 4.98 Å². The molecule has 1 heterocycles. The first-order valence-corrected chi connectivity index (χ1v) is 6.48. The highest BCUT2D eigenvalue weighted by molar-refractivity contribution is 6.30. The Morgan fingerprint density at radius 1 is 1.42 bits per heavy atom. The van der Waals surface area contributed by atoms with Crippen molar-refractivity contribution in [3.63, 3.8) is 0 Å². The number of nitrogens with one attached hydrogen (secondary N) is 1. The maximum absolute atomic E-state index is 11.7. The van der Waals surface area contributed by atoms with Gasteiger partial charge in [-0.3, -0.25) is 9.59 Å². The Morgan fingerprint density at radius 2 is 2.16 bits per heavy atom. The summed E-state index contributed by atoms with van der Waals surface area (Å²) < 4.78 is 0. The number of aromatic nitrogens is 1. The second-order valence-corrected chi connectivity index (χ2v) is 4.88. The fourth-order valence-corrected chi connectivity index (χ4v) is 1.66. The number of carbonyl (C=O) groups excluding carboxylic acids is 1. The summed E-state index contributed by atoms with van der Waals surface area (Å²) in [5.74, 6) is -0.780. The van der Waals surface area contributed by atoms with Crippen molar-refractivity contribution < 1.29 is 14.7 Å². The number of carboxylic acid groups (broad SMARTS) is 1. The summed E-state index contributed by atoms with van der Waals surface area (Å²) >= 11 is 5.68. The number of aliphatic carboxylic acids is 1. The summed E-state index contributed by atoms with van der Waals surface area (Å²) in [4.78, 5) is 26.0. The van der Waals surface area contributed by atoms with E-state index in [1.807, 2.05) is 6.92 Å². The second kappa shape index (κ2) is 7.74. The highest BCUT2D eigenvalue weighted by Crippen LogP contribution is 2.09. The number of carboxylic acids is 1. The van der Waals surface area contributed by atoms with Crippen molar-refractivity contribution in [2.24, 2.45) is 5.92 Å². The molecule has 0 fully saturated rings. The quantitative estimate of drug-likeness (QED) is 0.805. The molecule has 1 aromatic heterocycles. The SMILES string of the molecule is CC(CCNC(=O)c1ccc(Cl)cn1)CCC(=O)O. The van der Waals surface area contributed by atoms with Gasteiger partial charge in [0.15, 0.2) is 0 Å². The molecule has 0 aliphatic rings. The molecule has 1 unspecified atom stereocenters. The normalized spacial score (nSPS) is 11.9. The first-order valence-electron chi connectivity index (χ1n) is 6.10. The van der Waals surface area contributed by atoms with E-state index in [0.717, 1.165) is 6.42 Å². The van der Waals surface area contributed by atoms with Crippen LogP contribution in [0.25, 0.3) is 0 Å². The number of amides is 1. The minimum Gasteiger partial charge on any atom is -0.481 e. The number of hydrogen-bond acceptors (Lipinski definition) is 3. The molecule has 1 aromatic rings. The summed E-state index contributed by atoms with van der Waals surface area (Å²) in [6.45, 7) is 2.47. The highest BCUT2D eigenvalue weighted by Gasteiger charge is 2.08. The van der Waals surface area contributed by atoms with Gasteiger partial charge in [-0.05, 0) is 30.9 Å². The number of rotatable bonds is 7. The zero-order chi connectivity index (χ0) is 14.3. The Kier molecular flexibility index (Phi) is 6.29. The molecule has 0 saturated carbocycles. The van der Waals surface area contributed by atoms with Gasteiger partial charge < -0.3 is 10.4 Å². The van der Waals surface area contributed by atoms with Gasteiger partial charge in [0.1, 0.15) is 5.69 Å². The van der Waals surface area contributed by atoms with Crippen molar-refractivity contribution in [1.82, 2.24) is 10.3 Å². The summed E-state index contributed by atoms with van der Waals surface area (Å²) in [6.07, 6.45) is 2.94. The Bertz CT molecular complexity index is 434. The summed E-state index contributed by atoms with van der Waals surface area (Å²) in [5.41, 5.74) is 0.322. The van der Waals surface area contributed by atoms with E-state index in [2.05, 4.69) is 10.3 Å². The minimum atomic E-state index is -0.791. The molecule has 0 aliphatic heterocycles. The molecule has 1 rings (SSSR count). The van der Waals surface area contributed by atoms with E-state index >= 15 is 0 Å². The summed E-state index contributed by atoms with van der Waals surface area (Å²) in [7, 11) is 0. The van der Waals surface area contributed by atoms with Crippen LogP contribution in [-0.4, -0.2) is 28.5 Å². The van der Waals surface area contributed by atoms with Crippen molar-refractivity contribution >= 4 is 23.5 Å². The van der Waals surface area contributed by atoms with Gasteiger partial charge in [0.25, 0.3) is 5.91 Å². The van der Waals surface area contributed by atoms with Crippen LogP contribution in [0.1, 0.15) is 36.7 Å². The fourth-order valence-electron chi connectivity index (χ4n) is 1.55. The molecule has 6 heteroatoms. The van der Waals surface area contributed by atoms with Gasteiger partial charge in [0.2, 0.25) is 0 Å². The van der Waals surface area contributed by atoms with E-state index in [1.54, 1.807) is 12.1 Å². The topological polar surface area (TPSA) is 79.3 Å². The van der Waals surface area contributed by atoms with Crippen LogP contribution in [0.5, 0.6) is 0 Å². The lowest BCUT2D eigenvalue weighted by atomic mass is 10.0. The number of pyridine rings is 1. The third-order valence-corrected chi connectivity index (χ3v) is 2.96. The van der Waals surface area contributed by atoms with Crippen LogP contribution >= 0.6 is 11.6 Å². The van der Waals surface area contributed by atoms with Crippen LogP contribution in [0.3, 0.4) is 0 Å². The first-order chi connectivity index (χ1) is 8.99. The van der Waals surface area contributed by atoms with E-state index < -0.39 is 5.97 Å². The van der Waals surface area contributed by atoms with Crippen molar-refractivity contribution in [1.29, 1.82) is 0 Å². The predicted octanol–water partition coefficient (Wildman–Crippen LogP) is 2.36. The molecule has 0 aromatic carbocycles. The largest absolute Gasteiger partial charge is 0.481 e. The number of hydrogen-bond donors (Lipinski definition) is 2. The number of nitrogens with zero attached hydrogens (tertiary/aromatic N) is 1.